The second-order valence-electron chi connectivity index (χ2n) is 6.74. The lowest BCUT2D eigenvalue weighted by atomic mass is 10.2. The van der Waals surface area contributed by atoms with Crippen LogP contribution in [0, 0.1) is 0 Å². The van der Waals surface area contributed by atoms with Gasteiger partial charge in [-0.05, 0) is 38.1 Å². The van der Waals surface area contributed by atoms with Crippen LogP contribution in [-0.4, -0.2) is 22.1 Å². The number of amides is 1. The minimum absolute atomic E-state index is 0.120. The first-order valence-electron chi connectivity index (χ1n) is 9.45. The summed E-state index contributed by atoms with van der Waals surface area (Å²) in [6, 6.07) is 14.2. The Morgan fingerprint density at radius 1 is 1.24 bits per heavy atom. The third-order valence-corrected chi connectivity index (χ3v) is 4.68. The topological polar surface area (TPSA) is 86.4 Å². The summed E-state index contributed by atoms with van der Waals surface area (Å²) in [6.07, 6.45) is 1.39. The molecule has 0 saturated heterocycles. The fourth-order valence-corrected chi connectivity index (χ4v) is 3.27. The minimum Gasteiger partial charge on any atom is -0.490 e. The van der Waals surface area contributed by atoms with E-state index in [-0.39, 0.29) is 24.1 Å². The number of fused-ring (bicyclic) bond motifs is 2. The highest BCUT2D eigenvalue weighted by Gasteiger charge is 2.17. The minimum atomic E-state index is -0.367. The van der Waals surface area contributed by atoms with Crippen LogP contribution in [0.15, 0.2) is 64.1 Å². The number of nitrogens with zero attached hydrogens (tertiary/aromatic N) is 2. The number of para-hydroxylation sites is 2. The van der Waals surface area contributed by atoms with Gasteiger partial charge in [-0.25, -0.2) is 4.98 Å². The van der Waals surface area contributed by atoms with Gasteiger partial charge >= 0.3 is 0 Å². The number of aromatic nitrogens is 2. The Morgan fingerprint density at radius 3 is 2.90 bits per heavy atom. The monoisotopic (exact) mass is 391 g/mol. The van der Waals surface area contributed by atoms with E-state index in [0.29, 0.717) is 34.6 Å². The summed E-state index contributed by atoms with van der Waals surface area (Å²) in [5.74, 6) is 0.982. The molecule has 0 aliphatic carbocycles. The van der Waals surface area contributed by atoms with Crippen molar-refractivity contribution in [1.82, 2.24) is 14.9 Å². The van der Waals surface area contributed by atoms with Gasteiger partial charge in [-0.15, -0.1) is 0 Å². The van der Waals surface area contributed by atoms with Crippen LogP contribution >= 0.6 is 0 Å². The number of carbonyl (C=O) groups excluding carboxylic acids is 1. The van der Waals surface area contributed by atoms with Gasteiger partial charge in [-0.1, -0.05) is 24.3 Å². The summed E-state index contributed by atoms with van der Waals surface area (Å²) < 4.78 is 12.8. The number of carbonyl (C=O) groups is 1. The Bertz CT molecular complexity index is 1240. The van der Waals surface area contributed by atoms with Crippen molar-refractivity contribution in [2.75, 3.05) is 6.61 Å². The molecule has 4 rings (SSSR count). The molecule has 2 aromatic heterocycles. The standard InChI is InChI=1S/C22H21N3O4/c1-3-28-18-10-6-7-15-11-19(29-21(15)18)14(2)24-20(26)12-25-13-23-17-9-5-4-8-16(17)22(25)27/h4-11,13-14H,3,12H2,1-2H3,(H,24,26). The quantitative estimate of drug-likeness (QED) is 0.544. The van der Waals surface area contributed by atoms with Crippen LogP contribution in [0.3, 0.4) is 0 Å². The number of ether oxygens (including phenoxy) is 1. The van der Waals surface area contributed by atoms with Crippen molar-refractivity contribution in [3.05, 3.63) is 71.0 Å². The van der Waals surface area contributed by atoms with Gasteiger partial charge in [-0.3, -0.25) is 14.2 Å². The molecule has 0 aliphatic heterocycles. The van der Waals surface area contributed by atoms with E-state index in [1.165, 1.54) is 10.9 Å². The SMILES string of the molecule is CCOc1cccc2cc(C(C)NC(=O)Cn3cnc4ccccc4c3=O)oc12. The van der Waals surface area contributed by atoms with Crippen molar-refractivity contribution < 1.29 is 13.9 Å². The van der Waals surface area contributed by atoms with Crippen LogP contribution in [-0.2, 0) is 11.3 Å². The molecule has 0 radical (unpaired) electrons. The number of nitrogens with one attached hydrogen (secondary N) is 1. The van der Waals surface area contributed by atoms with E-state index in [4.69, 9.17) is 9.15 Å². The Morgan fingerprint density at radius 2 is 2.07 bits per heavy atom. The smallest absolute Gasteiger partial charge is 0.261 e. The summed E-state index contributed by atoms with van der Waals surface area (Å²) in [7, 11) is 0. The molecule has 0 spiro atoms. The second kappa shape index (κ2) is 7.79. The first-order valence-corrected chi connectivity index (χ1v) is 9.45. The zero-order chi connectivity index (χ0) is 20.4. The molecule has 1 amide bonds. The van der Waals surface area contributed by atoms with E-state index in [2.05, 4.69) is 10.3 Å². The molecule has 0 aliphatic rings. The first-order chi connectivity index (χ1) is 14.1. The van der Waals surface area contributed by atoms with Gasteiger partial charge in [0.25, 0.3) is 5.56 Å². The number of rotatable bonds is 6. The summed E-state index contributed by atoms with van der Waals surface area (Å²) in [5, 5.41) is 4.26. The van der Waals surface area contributed by atoms with E-state index >= 15 is 0 Å². The highest BCUT2D eigenvalue weighted by molar-refractivity contribution is 5.84. The van der Waals surface area contributed by atoms with Crippen molar-refractivity contribution in [2.24, 2.45) is 0 Å². The van der Waals surface area contributed by atoms with E-state index in [9.17, 15) is 9.59 Å². The van der Waals surface area contributed by atoms with Crippen LogP contribution in [0.5, 0.6) is 5.75 Å². The molecule has 29 heavy (non-hydrogen) atoms. The van der Waals surface area contributed by atoms with Crippen LogP contribution in [0.25, 0.3) is 21.9 Å². The van der Waals surface area contributed by atoms with Gasteiger partial charge in [0.15, 0.2) is 11.3 Å². The molecule has 0 fully saturated rings. The van der Waals surface area contributed by atoms with Crippen LogP contribution in [0.2, 0.25) is 0 Å². The van der Waals surface area contributed by atoms with Crippen molar-refractivity contribution in [3.8, 4) is 5.75 Å². The maximum atomic E-state index is 12.5. The van der Waals surface area contributed by atoms with Gasteiger partial charge in [0.05, 0.1) is 29.9 Å². The van der Waals surface area contributed by atoms with E-state index in [0.717, 1.165) is 5.39 Å². The van der Waals surface area contributed by atoms with Gasteiger partial charge < -0.3 is 14.5 Å². The van der Waals surface area contributed by atoms with Gasteiger partial charge in [0.2, 0.25) is 5.91 Å². The maximum Gasteiger partial charge on any atom is 0.261 e. The van der Waals surface area contributed by atoms with Gasteiger partial charge in [-0.2, -0.15) is 0 Å². The fraction of sp³-hybridized carbons (Fsp3) is 0.227. The summed E-state index contributed by atoms with van der Waals surface area (Å²) in [5.41, 5.74) is 1.01. The highest BCUT2D eigenvalue weighted by atomic mass is 16.5. The molecule has 7 heteroatoms. The second-order valence-corrected chi connectivity index (χ2v) is 6.74. The Hall–Kier alpha value is -3.61. The van der Waals surface area contributed by atoms with Gasteiger partial charge in [0, 0.05) is 5.39 Å². The van der Waals surface area contributed by atoms with E-state index in [1.54, 1.807) is 18.2 Å². The molecule has 0 bridgehead atoms. The molecule has 4 aromatic rings. The summed E-state index contributed by atoms with van der Waals surface area (Å²) in [4.78, 5) is 29.3. The molecule has 1 N–H and O–H groups in total. The molecule has 2 aromatic carbocycles. The largest absolute Gasteiger partial charge is 0.490 e. The van der Waals surface area contributed by atoms with E-state index < -0.39 is 0 Å². The molecule has 1 unspecified atom stereocenters. The molecular weight excluding hydrogens is 370 g/mol. The lowest BCUT2D eigenvalue weighted by molar-refractivity contribution is -0.122. The molecule has 0 saturated carbocycles. The van der Waals surface area contributed by atoms with Crippen molar-refractivity contribution in [1.29, 1.82) is 0 Å². The Balaban J connectivity index is 1.51. The van der Waals surface area contributed by atoms with Crippen molar-refractivity contribution in [2.45, 2.75) is 26.4 Å². The van der Waals surface area contributed by atoms with Crippen molar-refractivity contribution >= 4 is 27.8 Å². The predicted octanol–water partition coefficient (Wildman–Crippen LogP) is 3.42. The lowest BCUT2D eigenvalue weighted by Gasteiger charge is -2.12. The number of furan rings is 1. The van der Waals surface area contributed by atoms with Gasteiger partial charge in [0.1, 0.15) is 12.3 Å². The average Bonchev–Trinajstić information content (AvgIpc) is 3.16. The molecule has 148 valence electrons. The van der Waals surface area contributed by atoms with E-state index in [1.807, 2.05) is 44.2 Å². The maximum absolute atomic E-state index is 12.5. The first kappa shape index (κ1) is 18.7. The predicted molar refractivity (Wildman–Crippen MR) is 110 cm³/mol. The molecular formula is C22H21N3O4. The molecule has 2 heterocycles. The van der Waals surface area contributed by atoms with Crippen LogP contribution < -0.4 is 15.6 Å². The summed E-state index contributed by atoms with van der Waals surface area (Å²) in [6.45, 7) is 4.16. The lowest BCUT2D eigenvalue weighted by Crippen LogP contribution is -2.33. The Labute approximate surface area is 166 Å². The average molecular weight is 391 g/mol. The zero-order valence-electron chi connectivity index (χ0n) is 16.2. The van der Waals surface area contributed by atoms with Crippen molar-refractivity contribution in [3.63, 3.8) is 0 Å². The van der Waals surface area contributed by atoms with Crippen LogP contribution in [0.4, 0.5) is 0 Å². The molecule has 1 atom stereocenters. The third kappa shape index (κ3) is 3.71. The number of hydrogen-bond donors (Lipinski definition) is 1. The Kier molecular flexibility index (Phi) is 5.03. The molecule has 7 nitrogen and oxygen atoms in total. The fourth-order valence-electron chi connectivity index (χ4n) is 3.27. The van der Waals surface area contributed by atoms with Crippen LogP contribution in [0.1, 0.15) is 25.6 Å². The zero-order valence-corrected chi connectivity index (χ0v) is 16.2. The number of benzene rings is 2. The number of hydrogen-bond acceptors (Lipinski definition) is 5. The highest BCUT2D eigenvalue weighted by Crippen LogP contribution is 2.31. The summed E-state index contributed by atoms with van der Waals surface area (Å²) >= 11 is 0. The normalized spacial score (nSPS) is 12.2. The third-order valence-electron chi connectivity index (χ3n) is 4.68.